The normalized spacial score (nSPS) is 12.4. The van der Waals surface area contributed by atoms with Crippen LogP contribution in [0.4, 0.5) is 8.78 Å². The van der Waals surface area contributed by atoms with Crippen LogP contribution in [0.3, 0.4) is 0 Å². The molecule has 2 rings (SSSR count). The Bertz CT molecular complexity index is 573. The molecule has 0 saturated carbocycles. The van der Waals surface area contributed by atoms with Crippen molar-refractivity contribution in [3.8, 4) is 0 Å². The molecule has 1 N–H and O–H groups in total. The van der Waals surface area contributed by atoms with E-state index in [4.69, 9.17) is 11.6 Å². The molecule has 1 atom stereocenters. The molecule has 0 fully saturated rings. The van der Waals surface area contributed by atoms with Crippen LogP contribution in [0, 0.1) is 11.6 Å². The third-order valence-electron chi connectivity index (χ3n) is 3.01. The highest BCUT2D eigenvalue weighted by Crippen LogP contribution is 2.25. The fourth-order valence-electron chi connectivity index (χ4n) is 2.05. The number of pyridine rings is 1. The molecule has 0 radical (unpaired) electrons. The first kappa shape index (κ1) is 14.9. The maximum absolute atomic E-state index is 13.5. The average Bonchev–Trinajstić information content (AvgIpc) is 2.44. The van der Waals surface area contributed by atoms with E-state index in [9.17, 15) is 8.78 Å². The summed E-state index contributed by atoms with van der Waals surface area (Å²) in [5, 5.41) is 3.37. The Morgan fingerprint density at radius 2 is 2.05 bits per heavy atom. The van der Waals surface area contributed by atoms with Crippen molar-refractivity contribution < 1.29 is 8.78 Å². The smallest absolute Gasteiger partial charge is 0.142 e. The van der Waals surface area contributed by atoms with Crippen LogP contribution >= 0.6 is 11.6 Å². The fraction of sp³-hybridized carbons (Fsp3) is 0.267. The number of likely N-dealkylation sites (N-methyl/N-ethyl adjacent to an activating group) is 1. The van der Waals surface area contributed by atoms with E-state index in [0.29, 0.717) is 17.7 Å². The predicted molar refractivity (Wildman–Crippen MR) is 75.7 cm³/mol. The van der Waals surface area contributed by atoms with Gasteiger partial charge in [0.05, 0.1) is 23.0 Å². The lowest BCUT2D eigenvalue weighted by molar-refractivity contribution is 0.529. The van der Waals surface area contributed by atoms with Gasteiger partial charge in [-0.15, -0.1) is 0 Å². The van der Waals surface area contributed by atoms with E-state index in [-0.39, 0.29) is 16.9 Å². The third-order valence-corrected chi connectivity index (χ3v) is 3.44. The molecule has 0 amide bonds. The maximum atomic E-state index is 13.5. The third kappa shape index (κ3) is 3.52. The standard InChI is InChI=1S/C15H15ClF2N2/c1-2-19-14(13-7-6-11(17)9-20-13)8-10-4-3-5-12(18)15(10)16/h3-7,9,14,19H,2,8H2,1H3. The summed E-state index contributed by atoms with van der Waals surface area (Å²) in [4.78, 5) is 4.07. The van der Waals surface area contributed by atoms with Gasteiger partial charge in [0.25, 0.3) is 0 Å². The van der Waals surface area contributed by atoms with Crippen molar-refractivity contribution in [2.45, 2.75) is 19.4 Å². The van der Waals surface area contributed by atoms with E-state index in [0.717, 1.165) is 6.54 Å². The first-order valence-electron chi connectivity index (χ1n) is 6.39. The highest BCUT2D eigenvalue weighted by Gasteiger charge is 2.15. The Kier molecular flexibility index (Phi) is 5.04. The van der Waals surface area contributed by atoms with Gasteiger partial charge in [-0.25, -0.2) is 8.78 Å². The Labute approximate surface area is 121 Å². The molecule has 0 bridgehead atoms. The van der Waals surface area contributed by atoms with Crippen LogP contribution in [-0.4, -0.2) is 11.5 Å². The molecule has 106 valence electrons. The van der Waals surface area contributed by atoms with E-state index in [1.54, 1.807) is 18.2 Å². The van der Waals surface area contributed by atoms with Gasteiger partial charge >= 0.3 is 0 Å². The number of nitrogens with zero attached hydrogens (tertiary/aromatic N) is 1. The van der Waals surface area contributed by atoms with Crippen molar-refractivity contribution in [3.05, 3.63) is 64.4 Å². The number of nitrogens with one attached hydrogen (secondary N) is 1. The number of rotatable bonds is 5. The van der Waals surface area contributed by atoms with E-state index in [2.05, 4.69) is 10.3 Å². The molecule has 0 aliphatic heterocycles. The van der Waals surface area contributed by atoms with Crippen LogP contribution in [0.5, 0.6) is 0 Å². The molecular formula is C15H15ClF2N2. The van der Waals surface area contributed by atoms with Crippen LogP contribution in [0.15, 0.2) is 36.5 Å². The summed E-state index contributed by atoms with van der Waals surface area (Å²) in [6.45, 7) is 2.68. The number of aromatic nitrogens is 1. The lowest BCUT2D eigenvalue weighted by Crippen LogP contribution is -2.24. The van der Waals surface area contributed by atoms with E-state index >= 15 is 0 Å². The molecule has 1 unspecified atom stereocenters. The molecule has 20 heavy (non-hydrogen) atoms. The quantitative estimate of drug-likeness (QED) is 0.905. The van der Waals surface area contributed by atoms with Gasteiger partial charge in [-0.05, 0) is 36.7 Å². The average molecular weight is 297 g/mol. The molecule has 1 aromatic carbocycles. The van der Waals surface area contributed by atoms with Gasteiger partial charge in [0.15, 0.2) is 0 Å². The molecule has 0 spiro atoms. The number of halogens is 3. The second-order valence-corrected chi connectivity index (χ2v) is 4.81. The minimum atomic E-state index is -0.438. The summed E-state index contributed by atoms with van der Waals surface area (Å²) >= 11 is 5.97. The maximum Gasteiger partial charge on any atom is 0.142 e. The van der Waals surface area contributed by atoms with Crippen LogP contribution in [0.2, 0.25) is 5.02 Å². The van der Waals surface area contributed by atoms with Crippen LogP contribution < -0.4 is 5.32 Å². The zero-order valence-electron chi connectivity index (χ0n) is 11.0. The molecule has 2 nitrogen and oxygen atoms in total. The molecule has 0 aliphatic rings. The molecule has 0 aliphatic carbocycles. The summed E-state index contributed by atoms with van der Waals surface area (Å²) in [5.41, 5.74) is 1.40. The second kappa shape index (κ2) is 6.77. The van der Waals surface area contributed by atoms with Crippen LogP contribution in [-0.2, 0) is 6.42 Å². The van der Waals surface area contributed by atoms with Gasteiger partial charge in [0, 0.05) is 0 Å². The SMILES string of the molecule is CCNC(Cc1cccc(F)c1Cl)c1ccc(F)cn1. The van der Waals surface area contributed by atoms with Crippen molar-refractivity contribution in [1.29, 1.82) is 0 Å². The number of hydrogen-bond donors (Lipinski definition) is 1. The topological polar surface area (TPSA) is 24.9 Å². The highest BCUT2D eigenvalue weighted by molar-refractivity contribution is 6.31. The molecular weight excluding hydrogens is 282 g/mol. The second-order valence-electron chi connectivity index (χ2n) is 4.43. The highest BCUT2D eigenvalue weighted by atomic mass is 35.5. The summed E-state index contributed by atoms with van der Waals surface area (Å²) in [6, 6.07) is 7.57. The van der Waals surface area contributed by atoms with Crippen molar-refractivity contribution in [3.63, 3.8) is 0 Å². The van der Waals surface area contributed by atoms with Gasteiger partial charge in [-0.1, -0.05) is 30.7 Å². The zero-order chi connectivity index (χ0) is 14.5. The largest absolute Gasteiger partial charge is 0.309 e. The summed E-state index contributed by atoms with van der Waals surface area (Å²) < 4.78 is 26.4. The fourth-order valence-corrected chi connectivity index (χ4v) is 2.25. The molecule has 2 aromatic rings. The van der Waals surface area contributed by atoms with Crippen molar-refractivity contribution in [2.75, 3.05) is 6.54 Å². The Morgan fingerprint density at radius 3 is 2.70 bits per heavy atom. The van der Waals surface area contributed by atoms with Gasteiger partial charge in [-0.2, -0.15) is 0 Å². The molecule has 5 heteroatoms. The predicted octanol–water partition coefficient (Wildman–Crippen LogP) is 3.91. The van der Waals surface area contributed by atoms with Crippen LogP contribution in [0.25, 0.3) is 0 Å². The van der Waals surface area contributed by atoms with E-state index in [1.807, 2.05) is 6.92 Å². The summed E-state index contributed by atoms with van der Waals surface area (Å²) in [7, 11) is 0. The number of benzene rings is 1. The Hall–Kier alpha value is -1.52. The van der Waals surface area contributed by atoms with E-state index < -0.39 is 5.82 Å². The van der Waals surface area contributed by atoms with Crippen LogP contribution in [0.1, 0.15) is 24.2 Å². The molecule has 0 saturated heterocycles. The molecule has 1 aromatic heterocycles. The van der Waals surface area contributed by atoms with Gasteiger partial charge < -0.3 is 5.32 Å². The van der Waals surface area contributed by atoms with Gasteiger partial charge in [0.2, 0.25) is 0 Å². The van der Waals surface area contributed by atoms with Crippen molar-refractivity contribution >= 4 is 11.6 Å². The summed E-state index contributed by atoms with van der Waals surface area (Å²) in [5.74, 6) is -0.820. The molecule has 1 heterocycles. The van der Waals surface area contributed by atoms with Gasteiger partial charge in [-0.3, -0.25) is 4.98 Å². The van der Waals surface area contributed by atoms with E-state index in [1.165, 1.54) is 18.3 Å². The lowest BCUT2D eigenvalue weighted by Gasteiger charge is -2.18. The Balaban J connectivity index is 2.25. The Morgan fingerprint density at radius 1 is 1.25 bits per heavy atom. The summed E-state index contributed by atoms with van der Waals surface area (Å²) in [6.07, 6.45) is 1.66. The lowest BCUT2D eigenvalue weighted by atomic mass is 10.0. The first-order chi connectivity index (χ1) is 9.61. The minimum absolute atomic E-state index is 0.123. The van der Waals surface area contributed by atoms with Gasteiger partial charge in [0.1, 0.15) is 11.6 Å². The number of hydrogen-bond acceptors (Lipinski definition) is 2. The monoisotopic (exact) mass is 296 g/mol. The minimum Gasteiger partial charge on any atom is -0.309 e. The zero-order valence-corrected chi connectivity index (χ0v) is 11.8. The first-order valence-corrected chi connectivity index (χ1v) is 6.77. The van der Waals surface area contributed by atoms with Crippen molar-refractivity contribution in [2.24, 2.45) is 0 Å². The van der Waals surface area contributed by atoms with Crippen molar-refractivity contribution in [1.82, 2.24) is 10.3 Å².